The van der Waals surface area contributed by atoms with E-state index in [-0.39, 0.29) is 11.6 Å². The Balaban J connectivity index is 2.47. The van der Waals surface area contributed by atoms with Crippen molar-refractivity contribution in [3.8, 4) is 0 Å². The van der Waals surface area contributed by atoms with Crippen LogP contribution in [0.4, 0.5) is 8.78 Å². The van der Waals surface area contributed by atoms with Crippen molar-refractivity contribution in [3.05, 3.63) is 35.6 Å². The van der Waals surface area contributed by atoms with E-state index in [4.69, 9.17) is 10.2 Å². The van der Waals surface area contributed by atoms with Gasteiger partial charge in [-0.05, 0) is 18.6 Å². The molecule has 2 aromatic rings. The number of halogens is 2. The first kappa shape index (κ1) is 11.1. The van der Waals surface area contributed by atoms with Gasteiger partial charge in [0.1, 0.15) is 11.6 Å². The normalized spacial score (nSPS) is 13.2. The van der Waals surface area contributed by atoms with Crippen LogP contribution in [0.3, 0.4) is 0 Å². The van der Waals surface area contributed by atoms with Crippen LogP contribution in [0.5, 0.6) is 0 Å². The van der Waals surface area contributed by atoms with Crippen LogP contribution in [0.1, 0.15) is 31.6 Å². The molecular weight excluding hydrogens is 212 g/mol. The molecule has 0 bridgehead atoms. The molecule has 0 radical (unpaired) electrons. The van der Waals surface area contributed by atoms with Crippen LogP contribution in [0.25, 0.3) is 11.0 Å². The van der Waals surface area contributed by atoms with Crippen molar-refractivity contribution in [2.75, 3.05) is 0 Å². The third kappa shape index (κ3) is 1.93. The van der Waals surface area contributed by atoms with Crippen molar-refractivity contribution < 1.29 is 13.2 Å². The highest BCUT2D eigenvalue weighted by atomic mass is 19.1. The maximum atomic E-state index is 13.3. The lowest BCUT2D eigenvalue weighted by Crippen LogP contribution is -2.08. The van der Waals surface area contributed by atoms with Crippen molar-refractivity contribution in [3.63, 3.8) is 0 Å². The SMILES string of the molecule is CCCC(N)c1cc2cc(F)cc(F)c2o1. The molecule has 0 aliphatic carbocycles. The zero-order valence-corrected chi connectivity index (χ0v) is 8.97. The molecule has 1 heterocycles. The van der Waals surface area contributed by atoms with E-state index in [2.05, 4.69) is 0 Å². The van der Waals surface area contributed by atoms with Crippen LogP contribution in [0.2, 0.25) is 0 Å². The molecule has 0 aliphatic heterocycles. The molecule has 1 unspecified atom stereocenters. The molecule has 4 heteroatoms. The average Bonchev–Trinajstić information content (AvgIpc) is 2.62. The molecule has 0 fully saturated rings. The Kier molecular flexibility index (Phi) is 2.92. The number of fused-ring (bicyclic) bond motifs is 1. The summed E-state index contributed by atoms with van der Waals surface area (Å²) in [5.41, 5.74) is 5.92. The minimum Gasteiger partial charge on any atom is -0.456 e. The lowest BCUT2D eigenvalue weighted by molar-refractivity contribution is 0.461. The average molecular weight is 225 g/mol. The Morgan fingerprint density at radius 1 is 1.31 bits per heavy atom. The van der Waals surface area contributed by atoms with Gasteiger partial charge in [-0.2, -0.15) is 0 Å². The lowest BCUT2D eigenvalue weighted by atomic mass is 10.1. The molecule has 0 saturated carbocycles. The summed E-state index contributed by atoms with van der Waals surface area (Å²) in [7, 11) is 0. The van der Waals surface area contributed by atoms with Gasteiger partial charge in [-0.1, -0.05) is 13.3 Å². The fourth-order valence-corrected chi connectivity index (χ4v) is 1.73. The predicted molar refractivity (Wildman–Crippen MR) is 58.0 cm³/mol. The highest BCUT2D eigenvalue weighted by Gasteiger charge is 2.14. The van der Waals surface area contributed by atoms with Gasteiger partial charge >= 0.3 is 0 Å². The first-order chi connectivity index (χ1) is 7.61. The highest BCUT2D eigenvalue weighted by Crippen LogP contribution is 2.27. The van der Waals surface area contributed by atoms with E-state index in [1.54, 1.807) is 6.07 Å². The van der Waals surface area contributed by atoms with Crippen LogP contribution in [0.15, 0.2) is 22.6 Å². The van der Waals surface area contributed by atoms with Crippen LogP contribution in [-0.2, 0) is 0 Å². The van der Waals surface area contributed by atoms with E-state index < -0.39 is 11.6 Å². The van der Waals surface area contributed by atoms with Crippen molar-refractivity contribution in [2.24, 2.45) is 5.73 Å². The highest BCUT2D eigenvalue weighted by molar-refractivity contribution is 5.78. The molecule has 1 atom stereocenters. The number of benzene rings is 1. The largest absolute Gasteiger partial charge is 0.456 e. The molecule has 0 spiro atoms. The van der Waals surface area contributed by atoms with Gasteiger partial charge in [0.25, 0.3) is 0 Å². The number of hydrogen-bond donors (Lipinski definition) is 1. The molecule has 2 N–H and O–H groups in total. The summed E-state index contributed by atoms with van der Waals surface area (Å²) in [6, 6.07) is 3.38. The first-order valence-corrected chi connectivity index (χ1v) is 5.26. The summed E-state index contributed by atoms with van der Waals surface area (Å²) in [6.07, 6.45) is 1.67. The lowest BCUT2D eigenvalue weighted by Gasteiger charge is -2.04. The number of rotatable bonds is 3. The molecule has 0 amide bonds. The van der Waals surface area contributed by atoms with E-state index in [9.17, 15) is 8.78 Å². The molecular formula is C12H13F2NO. The van der Waals surface area contributed by atoms with Crippen LogP contribution < -0.4 is 5.73 Å². The van der Waals surface area contributed by atoms with Gasteiger partial charge in [0.05, 0.1) is 6.04 Å². The Morgan fingerprint density at radius 3 is 2.75 bits per heavy atom. The summed E-state index contributed by atoms with van der Waals surface area (Å²) in [5.74, 6) is -0.798. The smallest absolute Gasteiger partial charge is 0.170 e. The number of furan rings is 1. The van der Waals surface area contributed by atoms with E-state index in [1.807, 2.05) is 6.92 Å². The molecule has 2 rings (SSSR count). The minimum absolute atomic E-state index is 0.0722. The van der Waals surface area contributed by atoms with Gasteiger partial charge in [0.2, 0.25) is 0 Å². The maximum Gasteiger partial charge on any atom is 0.170 e. The van der Waals surface area contributed by atoms with Crippen molar-refractivity contribution in [1.82, 2.24) is 0 Å². The van der Waals surface area contributed by atoms with Crippen molar-refractivity contribution in [2.45, 2.75) is 25.8 Å². The minimum atomic E-state index is -0.690. The van der Waals surface area contributed by atoms with Crippen LogP contribution >= 0.6 is 0 Å². The monoisotopic (exact) mass is 225 g/mol. The Labute approximate surface area is 92.0 Å². The standard InChI is InChI=1S/C12H13F2NO/c1-2-3-10(15)11-5-7-4-8(13)6-9(14)12(7)16-11/h4-6,10H,2-3,15H2,1H3. The molecule has 1 aromatic carbocycles. The third-order valence-corrected chi connectivity index (χ3v) is 2.52. The van der Waals surface area contributed by atoms with E-state index in [0.29, 0.717) is 11.1 Å². The quantitative estimate of drug-likeness (QED) is 0.868. The van der Waals surface area contributed by atoms with Gasteiger partial charge in [-0.3, -0.25) is 0 Å². The molecule has 2 nitrogen and oxygen atoms in total. The molecule has 0 aliphatic rings. The Bertz CT molecular complexity index is 507. The molecule has 16 heavy (non-hydrogen) atoms. The Hall–Kier alpha value is -1.42. The molecule has 0 saturated heterocycles. The third-order valence-electron chi connectivity index (χ3n) is 2.52. The second kappa shape index (κ2) is 4.22. The van der Waals surface area contributed by atoms with E-state index in [1.165, 1.54) is 6.07 Å². The first-order valence-electron chi connectivity index (χ1n) is 5.26. The summed E-state index contributed by atoms with van der Waals surface area (Å²) in [4.78, 5) is 0. The number of hydrogen-bond acceptors (Lipinski definition) is 2. The van der Waals surface area contributed by atoms with Crippen molar-refractivity contribution >= 4 is 11.0 Å². The molecule has 86 valence electrons. The van der Waals surface area contributed by atoms with Crippen molar-refractivity contribution in [1.29, 1.82) is 0 Å². The maximum absolute atomic E-state index is 13.3. The van der Waals surface area contributed by atoms with Crippen LogP contribution in [0, 0.1) is 11.6 Å². The van der Waals surface area contributed by atoms with Gasteiger partial charge in [-0.25, -0.2) is 8.78 Å². The second-order valence-corrected chi connectivity index (χ2v) is 3.85. The predicted octanol–water partition coefficient (Wildman–Crippen LogP) is 3.51. The van der Waals surface area contributed by atoms with Gasteiger partial charge in [-0.15, -0.1) is 0 Å². The Morgan fingerprint density at radius 2 is 2.06 bits per heavy atom. The summed E-state index contributed by atoms with van der Waals surface area (Å²) in [6.45, 7) is 2.00. The summed E-state index contributed by atoms with van der Waals surface area (Å²) in [5, 5.41) is 0.416. The van der Waals surface area contributed by atoms with Crippen LogP contribution in [-0.4, -0.2) is 0 Å². The number of nitrogens with two attached hydrogens (primary N) is 1. The van der Waals surface area contributed by atoms with Gasteiger partial charge in [0, 0.05) is 11.5 Å². The van der Waals surface area contributed by atoms with Gasteiger partial charge < -0.3 is 10.2 Å². The molecule has 1 aromatic heterocycles. The zero-order valence-electron chi connectivity index (χ0n) is 8.97. The summed E-state index contributed by atoms with van der Waals surface area (Å²) >= 11 is 0. The van der Waals surface area contributed by atoms with Gasteiger partial charge in [0.15, 0.2) is 11.4 Å². The second-order valence-electron chi connectivity index (χ2n) is 3.85. The van der Waals surface area contributed by atoms with E-state index >= 15 is 0 Å². The summed E-state index contributed by atoms with van der Waals surface area (Å²) < 4.78 is 31.6. The van der Waals surface area contributed by atoms with E-state index in [0.717, 1.165) is 18.9 Å². The fraction of sp³-hybridized carbons (Fsp3) is 0.333. The zero-order chi connectivity index (χ0) is 11.7. The topological polar surface area (TPSA) is 39.2 Å². The fourth-order valence-electron chi connectivity index (χ4n) is 1.73.